The van der Waals surface area contributed by atoms with E-state index in [1.54, 1.807) is 18.5 Å². The zero-order chi connectivity index (χ0) is 24.4. The zero-order valence-corrected chi connectivity index (χ0v) is 20.2. The molecule has 5 rings (SSSR count). The highest BCUT2D eigenvalue weighted by molar-refractivity contribution is 7.89. The maximum Gasteiger partial charge on any atom is 0.255 e. The van der Waals surface area contributed by atoms with Gasteiger partial charge in [0, 0.05) is 30.0 Å². The zero-order valence-electron chi connectivity index (χ0n) is 19.3. The largest absolute Gasteiger partial charge is 0.379 e. The molecule has 0 aliphatic carbocycles. The number of amides is 1. The summed E-state index contributed by atoms with van der Waals surface area (Å²) in [6.07, 6.45) is 2.31. The van der Waals surface area contributed by atoms with Crippen molar-refractivity contribution < 1.29 is 17.9 Å². The minimum Gasteiger partial charge on any atom is -0.379 e. The Balaban J connectivity index is 1.37. The summed E-state index contributed by atoms with van der Waals surface area (Å²) in [5, 5.41) is 2.87. The third kappa shape index (κ3) is 4.58. The highest BCUT2D eigenvalue weighted by Crippen LogP contribution is 2.25. The van der Waals surface area contributed by atoms with Gasteiger partial charge in [-0.3, -0.25) is 9.36 Å². The van der Waals surface area contributed by atoms with Crippen LogP contribution in [0.25, 0.3) is 16.7 Å². The number of carbonyl (C=O) groups is 1. The Morgan fingerprint density at radius 3 is 2.51 bits per heavy atom. The van der Waals surface area contributed by atoms with Crippen molar-refractivity contribution in [3.8, 4) is 5.69 Å². The second-order valence-corrected chi connectivity index (χ2v) is 10.2. The first kappa shape index (κ1) is 23.2. The number of morpholine rings is 1. The van der Waals surface area contributed by atoms with E-state index in [4.69, 9.17) is 4.74 Å². The van der Waals surface area contributed by atoms with Crippen LogP contribution < -0.4 is 5.32 Å². The maximum atomic E-state index is 13.3. The summed E-state index contributed by atoms with van der Waals surface area (Å²) in [7, 11) is -3.72. The van der Waals surface area contributed by atoms with E-state index in [1.807, 2.05) is 60.0 Å². The van der Waals surface area contributed by atoms with Gasteiger partial charge in [-0.1, -0.05) is 25.1 Å². The minimum absolute atomic E-state index is 0.178. The molecule has 1 aliphatic heterocycles. The van der Waals surface area contributed by atoms with Crippen LogP contribution in [0.3, 0.4) is 0 Å². The maximum absolute atomic E-state index is 13.3. The van der Waals surface area contributed by atoms with Gasteiger partial charge in [-0.25, -0.2) is 13.4 Å². The summed E-state index contributed by atoms with van der Waals surface area (Å²) in [6.45, 7) is 3.25. The van der Waals surface area contributed by atoms with E-state index in [2.05, 4.69) is 10.3 Å². The quantitative estimate of drug-likeness (QED) is 0.443. The average Bonchev–Trinajstić information content (AvgIpc) is 3.33. The summed E-state index contributed by atoms with van der Waals surface area (Å²) in [4.78, 5) is 17.6. The molecule has 1 fully saturated rings. The fraction of sp³-hybridized carbons (Fsp3) is 0.231. The third-order valence-electron chi connectivity index (χ3n) is 6.16. The van der Waals surface area contributed by atoms with E-state index in [0.29, 0.717) is 49.5 Å². The molecule has 8 nitrogen and oxygen atoms in total. The molecule has 0 spiro atoms. The highest BCUT2D eigenvalue weighted by atomic mass is 32.2. The molecule has 1 saturated heterocycles. The predicted molar refractivity (Wildman–Crippen MR) is 134 cm³/mol. The molecule has 4 aromatic rings. The molecule has 1 aliphatic rings. The SMILES string of the molecule is CCc1ccc(C(=O)Nc2ccc(-n3cnc4ccccc43)cc2)cc1S(=O)(=O)N1CCOCC1. The van der Waals surface area contributed by atoms with Gasteiger partial charge in [0.25, 0.3) is 5.91 Å². The molecule has 1 N–H and O–H groups in total. The molecule has 1 aromatic heterocycles. The number of hydrogen-bond donors (Lipinski definition) is 1. The van der Waals surface area contributed by atoms with Gasteiger partial charge in [0.1, 0.15) is 6.33 Å². The van der Waals surface area contributed by atoms with Gasteiger partial charge >= 0.3 is 0 Å². The lowest BCUT2D eigenvalue weighted by molar-refractivity contribution is 0.0730. The number of fused-ring (bicyclic) bond motifs is 1. The smallest absolute Gasteiger partial charge is 0.255 e. The topological polar surface area (TPSA) is 93.5 Å². The molecular weight excluding hydrogens is 464 g/mol. The van der Waals surface area contributed by atoms with Crippen LogP contribution in [0.2, 0.25) is 0 Å². The monoisotopic (exact) mass is 490 g/mol. The summed E-state index contributed by atoms with van der Waals surface area (Å²) in [5.41, 5.74) is 4.41. The second-order valence-electron chi connectivity index (χ2n) is 8.30. The van der Waals surface area contributed by atoms with Crippen LogP contribution in [0, 0.1) is 0 Å². The summed E-state index contributed by atoms with van der Waals surface area (Å²) < 4.78 is 35.2. The lowest BCUT2D eigenvalue weighted by atomic mass is 10.1. The highest BCUT2D eigenvalue weighted by Gasteiger charge is 2.29. The van der Waals surface area contributed by atoms with Crippen molar-refractivity contribution in [1.82, 2.24) is 13.9 Å². The summed E-state index contributed by atoms with van der Waals surface area (Å²) >= 11 is 0. The number of rotatable bonds is 6. The number of para-hydroxylation sites is 2. The minimum atomic E-state index is -3.72. The van der Waals surface area contributed by atoms with Gasteiger partial charge < -0.3 is 10.1 Å². The normalized spacial score (nSPS) is 14.8. The van der Waals surface area contributed by atoms with Crippen molar-refractivity contribution in [1.29, 1.82) is 0 Å². The van der Waals surface area contributed by atoms with Crippen molar-refractivity contribution in [2.75, 3.05) is 31.6 Å². The number of sulfonamides is 1. The van der Waals surface area contributed by atoms with Crippen LogP contribution in [0.15, 0.2) is 78.0 Å². The van der Waals surface area contributed by atoms with Crippen LogP contribution in [-0.4, -0.2) is 54.5 Å². The standard InChI is InChI=1S/C26H26N4O4S/c1-2-19-7-8-20(17-25(19)35(32,33)29-13-15-34-16-14-29)26(31)28-21-9-11-22(12-10-21)30-18-27-23-5-3-4-6-24(23)30/h3-12,17-18H,2,13-16H2,1H3,(H,28,31). The second kappa shape index (κ2) is 9.61. The molecule has 9 heteroatoms. The summed E-state index contributed by atoms with van der Waals surface area (Å²) in [5.74, 6) is -0.369. The molecule has 0 radical (unpaired) electrons. The Kier molecular flexibility index (Phi) is 6.38. The Hall–Kier alpha value is -3.53. The van der Waals surface area contributed by atoms with E-state index in [1.165, 1.54) is 10.4 Å². The van der Waals surface area contributed by atoms with E-state index in [9.17, 15) is 13.2 Å². The average molecular weight is 491 g/mol. The predicted octanol–water partition coefficient (Wildman–Crippen LogP) is 3.86. The molecule has 2 heterocycles. The number of hydrogen-bond acceptors (Lipinski definition) is 5. The molecule has 0 unspecified atom stereocenters. The van der Waals surface area contributed by atoms with Crippen LogP contribution in [0.5, 0.6) is 0 Å². The number of imidazole rings is 1. The number of ether oxygens (including phenoxy) is 1. The Morgan fingerprint density at radius 2 is 1.77 bits per heavy atom. The van der Waals surface area contributed by atoms with Crippen LogP contribution in [0.1, 0.15) is 22.8 Å². The van der Waals surface area contributed by atoms with Crippen LogP contribution in [-0.2, 0) is 21.2 Å². The van der Waals surface area contributed by atoms with E-state index < -0.39 is 10.0 Å². The number of anilines is 1. The first-order valence-corrected chi connectivity index (χ1v) is 13.0. The Labute approximate surface area is 204 Å². The van der Waals surface area contributed by atoms with Crippen LogP contribution >= 0.6 is 0 Å². The van der Waals surface area contributed by atoms with Crippen LogP contribution in [0.4, 0.5) is 5.69 Å². The van der Waals surface area contributed by atoms with Gasteiger partial charge in [0.15, 0.2) is 0 Å². The van der Waals surface area contributed by atoms with Gasteiger partial charge in [-0.15, -0.1) is 0 Å². The number of benzene rings is 3. The Morgan fingerprint density at radius 1 is 1.03 bits per heavy atom. The van der Waals surface area contributed by atoms with E-state index in [-0.39, 0.29) is 10.8 Å². The molecule has 3 aromatic carbocycles. The van der Waals surface area contributed by atoms with E-state index in [0.717, 1.165) is 16.7 Å². The number of nitrogens with zero attached hydrogens (tertiary/aromatic N) is 3. The van der Waals surface area contributed by atoms with Crippen molar-refractivity contribution in [2.45, 2.75) is 18.2 Å². The Bertz CT molecular complexity index is 1470. The molecule has 0 bridgehead atoms. The van der Waals surface area contributed by atoms with Gasteiger partial charge in [-0.05, 0) is 60.5 Å². The van der Waals surface area contributed by atoms with Gasteiger partial charge in [-0.2, -0.15) is 4.31 Å². The molecule has 0 saturated carbocycles. The fourth-order valence-electron chi connectivity index (χ4n) is 4.23. The lowest BCUT2D eigenvalue weighted by Crippen LogP contribution is -2.41. The van der Waals surface area contributed by atoms with Gasteiger partial charge in [0.2, 0.25) is 10.0 Å². The molecule has 180 valence electrons. The number of carbonyl (C=O) groups excluding carboxylic acids is 1. The number of nitrogens with one attached hydrogen (secondary N) is 1. The first-order chi connectivity index (χ1) is 17.0. The molecule has 0 atom stereocenters. The van der Waals surface area contributed by atoms with E-state index >= 15 is 0 Å². The lowest BCUT2D eigenvalue weighted by Gasteiger charge is -2.27. The third-order valence-corrected chi connectivity index (χ3v) is 8.14. The van der Waals surface area contributed by atoms with Crippen molar-refractivity contribution in [2.24, 2.45) is 0 Å². The van der Waals surface area contributed by atoms with Crippen molar-refractivity contribution in [3.05, 3.63) is 84.2 Å². The molecule has 35 heavy (non-hydrogen) atoms. The number of aromatic nitrogens is 2. The molecular formula is C26H26N4O4S. The summed E-state index contributed by atoms with van der Waals surface area (Å²) in [6, 6.07) is 20.2. The van der Waals surface area contributed by atoms with Crippen molar-refractivity contribution >= 4 is 32.7 Å². The van der Waals surface area contributed by atoms with Crippen molar-refractivity contribution in [3.63, 3.8) is 0 Å². The fourth-order valence-corrected chi connectivity index (χ4v) is 5.96. The first-order valence-electron chi connectivity index (χ1n) is 11.5. The van der Waals surface area contributed by atoms with Gasteiger partial charge in [0.05, 0.1) is 29.1 Å². The number of aryl methyl sites for hydroxylation is 1. The molecule has 1 amide bonds.